The van der Waals surface area contributed by atoms with Gasteiger partial charge >= 0.3 is 0 Å². The first-order valence-electron chi connectivity index (χ1n) is 6.93. The molecule has 6 heteroatoms. The quantitative estimate of drug-likeness (QED) is 0.803. The third kappa shape index (κ3) is 3.06. The number of furan rings is 1. The molecule has 0 saturated heterocycles. The van der Waals surface area contributed by atoms with E-state index >= 15 is 0 Å². The lowest BCUT2D eigenvalue weighted by Gasteiger charge is -2.03. The van der Waals surface area contributed by atoms with Gasteiger partial charge in [0.05, 0.1) is 12.2 Å². The van der Waals surface area contributed by atoms with Crippen LogP contribution in [0, 0.1) is 13.8 Å². The number of hydrogen-bond acceptors (Lipinski definition) is 4. The third-order valence-electron chi connectivity index (χ3n) is 3.23. The zero-order chi connectivity index (χ0) is 15.5. The lowest BCUT2D eigenvalue weighted by atomic mass is 10.3. The van der Waals surface area contributed by atoms with Crippen LogP contribution in [0.3, 0.4) is 0 Å². The Bertz CT molecular complexity index is 790. The smallest absolute Gasteiger partial charge is 0.291 e. The van der Waals surface area contributed by atoms with Gasteiger partial charge in [0.1, 0.15) is 5.76 Å². The second-order valence-electron chi connectivity index (χ2n) is 5.04. The van der Waals surface area contributed by atoms with Crippen LogP contribution in [0.5, 0.6) is 0 Å². The number of hydrogen-bond donors (Lipinski definition) is 1. The average molecular weight is 296 g/mol. The molecule has 112 valence electrons. The Morgan fingerprint density at radius 2 is 2.00 bits per heavy atom. The molecule has 1 N–H and O–H groups in total. The van der Waals surface area contributed by atoms with Gasteiger partial charge in [-0.25, -0.2) is 0 Å². The summed E-state index contributed by atoms with van der Waals surface area (Å²) >= 11 is 0. The fourth-order valence-corrected chi connectivity index (χ4v) is 2.20. The summed E-state index contributed by atoms with van der Waals surface area (Å²) in [5.74, 6) is 0.672. The first-order valence-corrected chi connectivity index (χ1v) is 6.93. The summed E-state index contributed by atoms with van der Waals surface area (Å²) in [7, 11) is 0. The number of aryl methyl sites for hydroxylation is 2. The topological polar surface area (TPSA) is 73.0 Å². The number of nitrogens with one attached hydrogen (secondary N) is 1. The number of rotatable bonds is 4. The van der Waals surface area contributed by atoms with Crippen LogP contribution < -0.4 is 5.32 Å². The summed E-state index contributed by atoms with van der Waals surface area (Å²) in [6, 6.07) is 8.89. The fraction of sp³-hybridized carbons (Fsp3) is 0.188. The van der Waals surface area contributed by atoms with Crippen molar-refractivity contribution in [2.45, 2.75) is 20.4 Å². The van der Waals surface area contributed by atoms with E-state index in [1.54, 1.807) is 36.7 Å². The van der Waals surface area contributed by atoms with Crippen LogP contribution in [0.15, 0.2) is 47.1 Å². The Balaban J connectivity index is 1.71. The highest BCUT2D eigenvalue weighted by atomic mass is 16.4. The van der Waals surface area contributed by atoms with Crippen molar-refractivity contribution >= 4 is 11.6 Å². The van der Waals surface area contributed by atoms with E-state index in [-0.39, 0.29) is 11.7 Å². The fourth-order valence-electron chi connectivity index (χ4n) is 2.20. The minimum atomic E-state index is -0.286. The lowest BCUT2D eigenvalue weighted by molar-refractivity contribution is 0.0994. The van der Waals surface area contributed by atoms with Crippen LogP contribution in [0.25, 0.3) is 0 Å². The molecule has 0 aliphatic heterocycles. The van der Waals surface area contributed by atoms with E-state index in [0.717, 1.165) is 11.4 Å². The molecule has 3 aromatic heterocycles. The maximum absolute atomic E-state index is 12.1. The molecular weight excluding hydrogens is 280 g/mol. The molecular formula is C16H16N4O2. The van der Waals surface area contributed by atoms with Crippen LogP contribution in [0.1, 0.15) is 27.7 Å². The zero-order valence-corrected chi connectivity index (χ0v) is 12.4. The van der Waals surface area contributed by atoms with Gasteiger partial charge in [-0.05, 0) is 44.2 Å². The molecule has 0 saturated carbocycles. The van der Waals surface area contributed by atoms with Gasteiger partial charge in [0, 0.05) is 23.8 Å². The SMILES string of the molecule is Cc1cc(C)n(Cc2ccc(C(=O)Nc3ccncc3)o2)n1. The zero-order valence-electron chi connectivity index (χ0n) is 12.4. The molecule has 3 aromatic rings. The molecule has 3 rings (SSSR count). The van der Waals surface area contributed by atoms with E-state index in [1.165, 1.54) is 0 Å². The third-order valence-corrected chi connectivity index (χ3v) is 3.23. The molecule has 0 fully saturated rings. The summed E-state index contributed by atoms with van der Waals surface area (Å²) < 4.78 is 7.44. The minimum absolute atomic E-state index is 0.272. The van der Waals surface area contributed by atoms with Crippen molar-refractivity contribution in [1.29, 1.82) is 0 Å². The number of pyridine rings is 1. The van der Waals surface area contributed by atoms with E-state index in [4.69, 9.17) is 4.42 Å². The standard InChI is InChI=1S/C16H16N4O2/c1-11-9-12(2)20(19-11)10-14-3-4-15(22-14)16(21)18-13-5-7-17-8-6-13/h3-9H,10H2,1-2H3,(H,17,18,21). The van der Waals surface area contributed by atoms with Crippen LogP contribution in [0.4, 0.5) is 5.69 Å². The molecule has 0 radical (unpaired) electrons. The maximum atomic E-state index is 12.1. The molecule has 3 heterocycles. The van der Waals surface area contributed by atoms with Gasteiger partial charge in [0.25, 0.3) is 5.91 Å². The first kappa shape index (κ1) is 14.1. The van der Waals surface area contributed by atoms with Crippen molar-refractivity contribution < 1.29 is 9.21 Å². The van der Waals surface area contributed by atoms with Crippen molar-refractivity contribution in [3.63, 3.8) is 0 Å². The second-order valence-corrected chi connectivity index (χ2v) is 5.04. The molecule has 0 bridgehead atoms. The van der Waals surface area contributed by atoms with Crippen LogP contribution in [-0.4, -0.2) is 20.7 Å². The molecule has 0 unspecified atom stereocenters. The van der Waals surface area contributed by atoms with Crippen molar-refractivity contribution in [2.75, 3.05) is 5.32 Å². The number of carbonyl (C=O) groups is 1. The highest BCUT2D eigenvalue weighted by Gasteiger charge is 2.12. The van der Waals surface area contributed by atoms with Crippen molar-refractivity contribution in [3.8, 4) is 0 Å². The normalized spacial score (nSPS) is 10.6. The van der Waals surface area contributed by atoms with E-state index in [2.05, 4.69) is 15.4 Å². The average Bonchev–Trinajstić information content (AvgIpc) is 3.07. The highest BCUT2D eigenvalue weighted by Crippen LogP contribution is 2.13. The summed E-state index contributed by atoms with van der Waals surface area (Å²) in [6.07, 6.45) is 3.23. The Morgan fingerprint density at radius 1 is 1.23 bits per heavy atom. The predicted molar refractivity (Wildman–Crippen MR) is 81.7 cm³/mol. The summed E-state index contributed by atoms with van der Waals surface area (Å²) in [4.78, 5) is 16.0. The van der Waals surface area contributed by atoms with Crippen molar-refractivity contribution in [3.05, 3.63) is 65.6 Å². The Hall–Kier alpha value is -2.89. The van der Waals surface area contributed by atoms with Gasteiger partial charge in [-0.3, -0.25) is 14.5 Å². The molecule has 0 spiro atoms. The molecule has 1 amide bonds. The van der Waals surface area contributed by atoms with Crippen LogP contribution >= 0.6 is 0 Å². The van der Waals surface area contributed by atoms with Gasteiger partial charge in [-0.1, -0.05) is 0 Å². The van der Waals surface area contributed by atoms with Gasteiger partial charge in [-0.2, -0.15) is 5.10 Å². The van der Waals surface area contributed by atoms with E-state index in [0.29, 0.717) is 18.0 Å². The number of nitrogens with zero attached hydrogens (tertiary/aromatic N) is 3. The number of amides is 1. The largest absolute Gasteiger partial charge is 0.454 e. The Morgan fingerprint density at radius 3 is 2.68 bits per heavy atom. The number of carbonyl (C=O) groups excluding carboxylic acids is 1. The van der Waals surface area contributed by atoms with E-state index in [1.807, 2.05) is 24.6 Å². The Labute approximate surface area is 127 Å². The van der Waals surface area contributed by atoms with Gasteiger partial charge < -0.3 is 9.73 Å². The molecule has 0 aliphatic carbocycles. The van der Waals surface area contributed by atoms with Crippen LogP contribution in [0.2, 0.25) is 0 Å². The van der Waals surface area contributed by atoms with E-state index in [9.17, 15) is 4.79 Å². The monoisotopic (exact) mass is 296 g/mol. The molecule has 0 atom stereocenters. The molecule has 0 aromatic carbocycles. The molecule has 6 nitrogen and oxygen atoms in total. The van der Waals surface area contributed by atoms with Gasteiger partial charge in [-0.15, -0.1) is 0 Å². The van der Waals surface area contributed by atoms with Crippen LogP contribution in [-0.2, 0) is 6.54 Å². The maximum Gasteiger partial charge on any atom is 0.291 e. The van der Waals surface area contributed by atoms with Gasteiger partial charge in [0.15, 0.2) is 5.76 Å². The van der Waals surface area contributed by atoms with E-state index < -0.39 is 0 Å². The number of anilines is 1. The Kier molecular flexibility index (Phi) is 3.74. The predicted octanol–water partition coefficient (Wildman–Crippen LogP) is 2.79. The van der Waals surface area contributed by atoms with Gasteiger partial charge in [0.2, 0.25) is 0 Å². The first-order chi connectivity index (χ1) is 10.6. The number of aromatic nitrogens is 3. The van der Waals surface area contributed by atoms with Crippen molar-refractivity contribution in [2.24, 2.45) is 0 Å². The van der Waals surface area contributed by atoms with Crippen molar-refractivity contribution in [1.82, 2.24) is 14.8 Å². The second kappa shape index (κ2) is 5.85. The summed E-state index contributed by atoms with van der Waals surface area (Å²) in [5, 5.41) is 7.13. The summed E-state index contributed by atoms with van der Waals surface area (Å²) in [6.45, 7) is 4.43. The molecule has 22 heavy (non-hydrogen) atoms. The molecule has 0 aliphatic rings. The summed E-state index contributed by atoms with van der Waals surface area (Å²) in [5.41, 5.74) is 2.69. The highest BCUT2D eigenvalue weighted by molar-refractivity contribution is 6.02. The lowest BCUT2D eigenvalue weighted by Crippen LogP contribution is -2.10. The minimum Gasteiger partial charge on any atom is -0.454 e.